The van der Waals surface area contributed by atoms with Crippen LogP contribution in [-0.4, -0.2) is 30.0 Å². The quantitative estimate of drug-likeness (QED) is 0.165. The second kappa shape index (κ2) is 12.9. The summed E-state index contributed by atoms with van der Waals surface area (Å²) in [6.07, 6.45) is 0. The molecule has 2 aromatic heterocycles. The molecule has 0 saturated carbocycles. The minimum Gasteiger partial charge on any atom is -0.267 e. The van der Waals surface area contributed by atoms with Crippen LogP contribution in [0.5, 0.6) is 0 Å². The van der Waals surface area contributed by atoms with Crippen LogP contribution in [0.4, 0.5) is 0 Å². The molecule has 0 spiro atoms. The number of rotatable bonds is 8. The van der Waals surface area contributed by atoms with E-state index in [-0.39, 0.29) is 21.0 Å². The molecule has 7 rings (SSSR count). The molecule has 0 saturated heterocycles. The van der Waals surface area contributed by atoms with E-state index in [4.69, 9.17) is 5.21 Å². The van der Waals surface area contributed by atoms with Crippen LogP contribution >= 0.6 is 31.9 Å². The molecule has 0 aliphatic carbocycles. The lowest BCUT2D eigenvalue weighted by molar-refractivity contribution is 0.451. The van der Waals surface area contributed by atoms with Gasteiger partial charge in [0, 0.05) is 5.56 Å². The maximum absolute atomic E-state index is 12.7. The molecule has 0 aliphatic heterocycles. The molecule has 0 bridgehead atoms. The third-order valence-corrected chi connectivity index (χ3v) is 10.2. The number of aromatic amines is 1. The van der Waals surface area contributed by atoms with Crippen molar-refractivity contribution in [3.8, 4) is 22.5 Å². The summed E-state index contributed by atoms with van der Waals surface area (Å²) in [6, 6.07) is 46.8. The zero-order valence-electron chi connectivity index (χ0n) is 24.8. The summed E-state index contributed by atoms with van der Waals surface area (Å²) in [7, 11) is 0. The van der Waals surface area contributed by atoms with Gasteiger partial charge in [0.05, 0.1) is 6.54 Å². The normalized spacial score (nSPS) is 11.4. The smallest absolute Gasteiger partial charge is 0.267 e. The molecular weight excluding hydrogens is 720 g/mol. The van der Waals surface area contributed by atoms with Gasteiger partial charge in [-0.3, -0.25) is 14.7 Å². The number of H-pyrrole nitrogens is 1. The van der Waals surface area contributed by atoms with Crippen LogP contribution in [0.3, 0.4) is 0 Å². The van der Waals surface area contributed by atoms with E-state index in [1.54, 1.807) is 0 Å². The monoisotopic (exact) mass is 744 g/mol. The van der Waals surface area contributed by atoms with Crippen molar-refractivity contribution in [3.63, 3.8) is 0 Å². The van der Waals surface area contributed by atoms with E-state index in [1.807, 2.05) is 108 Å². The van der Waals surface area contributed by atoms with Crippen LogP contribution in [-0.2, 0) is 12.1 Å². The Morgan fingerprint density at radius 3 is 1.68 bits per heavy atom. The summed E-state index contributed by atoms with van der Waals surface area (Å²) >= 11 is 6.35. The van der Waals surface area contributed by atoms with Crippen molar-refractivity contribution in [2.45, 2.75) is 12.1 Å². The first-order valence-corrected chi connectivity index (χ1v) is 16.4. The second-order valence-electron chi connectivity index (χ2n) is 10.9. The first-order valence-electron chi connectivity index (χ1n) is 14.8. The Morgan fingerprint density at radius 1 is 0.617 bits per heavy atom. The second-order valence-corrected chi connectivity index (χ2v) is 12.5. The predicted molar refractivity (Wildman–Crippen MR) is 189 cm³/mol. The maximum atomic E-state index is 12.7. The number of tetrazole rings is 1. The highest BCUT2D eigenvalue weighted by molar-refractivity contribution is 9.13. The molecule has 0 unspecified atom stereocenters. The van der Waals surface area contributed by atoms with Crippen LogP contribution in [0.15, 0.2) is 158 Å². The molecule has 0 aliphatic rings. The van der Waals surface area contributed by atoms with Gasteiger partial charge >= 0.3 is 0 Å². The van der Waals surface area contributed by atoms with E-state index in [0.717, 1.165) is 38.9 Å². The van der Waals surface area contributed by atoms with Crippen molar-refractivity contribution in [1.82, 2.24) is 30.0 Å². The summed E-state index contributed by atoms with van der Waals surface area (Å²) in [6.45, 7) is 0.202. The van der Waals surface area contributed by atoms with Crippen molar-refractivity contribution in [2.24, 2.45) is 0 Å². The Balaban J connectivity index is 1.37. The highest BCUT2D eigenvalue weighted by atomic mass is 79.9. The zero-order chi connectivity index (χ0) is 32.4. The summed E-state index contributed by atoms with van der Waals surface area (Å²) in [5.41, 5.74) is 5.02. The molecular formula is C37H26Br2N6O2. The topological polar surface area (TPSA) is 98.5 Å². The summed E-state index contributed by atoms with van der Waals surface area (Å²) < 4.78 is 3.56. The molecule has 10 heteroatoms. The minimum atomic E-state index is -0.886. The van der Waals surface area contributed by atoms with Crippen LogP contribution in [0.25, 0.3) is 22.5 Å². The molecule has 230 valence electrons. The highest BCUT2D eigenvalue weighted by Crippen LogP contribution is 2.43. The van der Waals surface area contributed by atoms with Gasteiger partial charge in [0.2, 0.25) is 0 Å². The fraction of sp³-hybridized carbons (Fsp3) is 0.0541. The lowest BCUT2D eigenvalue weighted by Gasteiger charge is -2.36. The Bertz CT molecular complexity index is 2190. The van der Waals surface area contributed by atoms with Gasteiger partial charge in [-0.2, -0.15) is 0 Å². The van der Waals surface area contributed by atoms with Gasteiger partial charge in [-0.25, -0.2) is 9.36 Å². The SMILES string of the molecule is O=c1[nH]n(Cc2ccc(-c3ccccc3-c3nnnn3C(c3ccccc3)(c3ccccc3)c3ccccc3)cc2)c(=O)c(Br)c1Br. The molecule has 1 N–H and O–H groups in total. The van der Waals surface area contributed by atoms with Crippen molar-refractivity contribution >= 4 is 31.9 Å². The number of halogens is 2. The lowest BCUT2D eigenvalue weighted by Crippen LogP contribution is -2.39. The molecule has 5 aromatic carbocycles. The number of nitrogens with one attached hydrogen (secondary N) is 1. The Kier molecular flexibility index (Phi) is 8.36. The maximum Gasteiger partial charge on any atom is 0.281 e. The third-order valence-electron chi connectivity index (χ3n) is 8.20. The van der Waals surface area contributed by atoms with E-state index < -0.39 is 11.1 Å². The number of aromatic nitrogens is 6. The van der Waals surface area contributed by atoms with Gasteiger partial charge < -0.3 is 0 Å². The third kappa shape index (κ3) is 5.49. The van der Waals surface area contributed by atoms with Gasteiger partial charge in [-0.05, 0) is 75.7 Å². The number of nitrogens with zero attached hydrogens (tertiary/aromatic N) is 5. The van der Waals surface area contributed by atoms with E-state index in [0.29, 0.717) is 5.82 Å². The van der Waals surface area contributed by atoms with Crippen LogP contribution in [0, 0.1) is 0 Å². The largest absolute Gasteiger partial charge is 0.281 e. The first-order chi connectivity index (χ1) is 23.0. The fourth-order valence-electron chi connectivity index (χ4n) is 6.03. The van der Waals surface area contributed by atoms with Gasteiger partial charge in [0.15, 0.2) is 5.82 Å². The van der Waals surface area contributed by atoms with Crippen molar-refractivity contribution in [1.29, 1.82) is 0 Å². The molecule has 47 heavy (non-hydrogen) atoms. The Morgan fingerprint density at radius 2 is 1.13 bits per heavy atom. The van der Waals surface area contributed by atoms with E-state index in [1.165, 1.54) is 4.68 Å². The Hall–Kier alpha value is -5.19. The summed E-state index contributed by atoms with van der Waals surface area (Å²) in [5, 5.41) is 16.2. The number of hydrogen-bond donors (Lipinski definition) is 1. The number of benzene rings is 5. The minimum absolute atomic E-state index is 0.170. The fourth-order valence-corrected chi connectivity index (χ4v) is 6.69. The van der Waals surface area contributed by atoms with Crippen molar-refractivity contribution < 1.29 is 0 Å². The average molecular weight is 746 g/mol. The summed E-state index contributed by atoms with van der Waals surface area (Å²) in [5.74, 6) is 0.602. The van der Waals surface area contributed by atoms with Gasteiger partial charge in [0.25, 0.3) is 11.1 Å². The van der Waals surface area contributed by atoms with Crippen molar-refractivity contribution in [2.75, 3.05) is 0 Å². The molecule has 0 radical (unpaired) electrons. The summed E-state index contributed by atoms with van der Waals surface area (Å²) in [4.78, 5) is 25.0. The zero-order valence-corrected chi connectivity index (χ0v) is 28.0. The highest BCUT2D eigenvalue weighted by Gasteiger charge is 2.42. The van der Waals surface area contributed by atoms with Gasteiger partial charge in [-0.1, -0.05) is 140 Å². The molecule has 0 amide bonds. The van der Waals surface area contributed by atoms with Crippen LogP contribution in [0.2, 0.25) is 0 Å². The molecule has 2 heterocycles. The molecule has 8 nitrogen and oxygen atoms in total. The van der Waals surface area contributed by atoms with E-state index >= 15 is 0 Å². The van der Waals surface area contributed by atoms with Crippen LogP contribution in [0.1, 0.15) is 22.3 Å². The van der Waals surface area contributed by atoms with Gasteiger partial charge in [-0.15, -0.1) is 5.10 Å². The van der Waals surface area contributed by atoms with E-state index in [9.17, 15) is 9.59 Å². The average Bonchev–Trinajstić information content (AvgIpc) is 3.62. The van der Waals surface area contributed by atoms with Crippen molar-refractivity contribution in [3.05, 3.63) is 191 Å². The predicted octanol–water partition coefficient (Wildman–Crippen LogP) is 7.27. The van der Waals surface area contributed by atoms with E-state index in [2.05, 4.69) is 83.7 Å². The molecule has 0 atom stereocenters. The lowest BCUT2D eigenvalue weighted by atomic mass is 9.77. The van der Waals surface area contributed by atoms with Crippen LogP contribution < -0.4 is 11.1 Å². The molecule has 7 aromatic rings. The number of hydrogen-bond acceptors (Lipinski definition) is 5. The first kappa shape index (κ1) is 30.5. The Labute approximate surface area is 286 Å². The molecule has 0 fully saturated rings. The van der Waals surface area contributed by atoms with Gasteiger partial charge in [0.1, 0.15) is 14.5 Å². The standard InChI is InChI=1S/C37H26Br2N6O2/c38-32-33(39)36(47)44(41-35(32)46)24-25-20-22-26(23-21-25)30-18-10-11-19-31(30)34-40-42-43-45(34)37(27-12-4-1-5-13-27,28-14-6-2-7-15-28)29-16-8-3-9-17-29/h1-23H,24H2,(H,41,46).